The molecule has 3 N–H and O–H groups in total. The van der Waals surface area contributed by atoms with E-state index in [9.17, 15) is 9.90 Å². The van der Waals surface area contributed by atoms with E-state index in [1.54, 1.807) is 19.2 Å². The van der Waals surface area contributed by atoms with Crippen LogP contribution in [0.25, 0.3) is 0 Å². The van der Waals surface area contributed by atoms with Gasteiger partial charge in [0.15, 0.2) is 0 Å². The second-order valence-electron chi connectivity index (χ2n) is 5.54. The van der Waals surface area contributed by atoms with E-state index in [-0.39, 0.29) is 30.0 Å². The zero-order chi connectivity index (χ0) is 14.9. The second-order valence-corrected chi connectivity index (χ2v) is 5.54. The number of carboxylic acid groups (broad SMARTS) is 1. The summed E-state index contributed by atoms with van der Waals surface area (Å²) in [4.78, 5) is 11.2. The predicted molar refractivity (Wildman–Crippen MR) is 85.4 cm³/mol. The maximum Gasteiger partial charge on any atom is 0.335 e. The summed E-state index contributed by atoms with van der Waals surface area (Å²) in [7, 11) is 1.69. The molecule has 0 saturated heterocycles. The van der Waals surface area contributed by atoms with Gasteiger partial charge in [0.05, 0.1) is 11.7 Å². The molecule has 0 saturated carbocycles. The average Bonchev–Trinajstić information content (AvgIpc) is 2.46. The number of aromatic carboxylic acids is 1. The zero-order valence-electron chi connectivity index (χ0n) is 12.8. The van der Waals surface area contributed by atoms with Crippen LogP contribution in [0.1, 0.15) is 48.2 Å². The normalized spacial score (nSPS) is 23.0. The molecule has 0 aromatic heterocycles. The molecule has 0 heterocycles. The molecule has 0 spiro atoms. The summed E-state index contributed by atoms with van der Waals surface area (Å²) in [5, 5.41) is 9.21. The van der Waals surface area contributed by atoms with Crippen LogP contribution in [0.4, 0.5) is 0 Å². The van der Waals surface area contributed by atoms with Gasteiger partial charge in [-0.1, -0.05) is 19.9 Å². The Hall–Kier alpha value is -1.10. The van der Waals surface area contributed by atoms with Gasteiger partial charge in [-0.15, -0.1) is 12.4 Å². The quantitative estimate of drug-likeness (QED) is 0.896. The summed E-state index contributed by atoms with van der Waals surface area (Å²) in [6, 6.07) is 5.27. The Kier molecular flexibility index (Phi) is 5.79. The summed E-state index contributed by atoms with van der Waals surface area (Å²) in [6.45, 7) is 4.22. The molecule has 2 atom stereocenters. The number of nitrogens with two attached hydrogens (primary N) is 1. The van der Waals surface area contributed by atoms with Crippen molar-refractivity contribution in [3.8, 4) is 0 Å². The minimum atomic E-state index is -0.892. The summed E-state index contributed by atoms with van der Waals surface area (Å²) >= 11 is 0. The van der Waals surface area contributed by atoms with Crippen LogP contribution in [0, 0.1) is 0 Å². The highest BCUT2D eigenvalue weighted by Gasteiger charge is 2.45. The number of hydrogen-bond donors (Lipinski definition) is 2. The standard InChI is InChI=1S/C16H23NO3.ClH/c1-4-16(5-2)12-8-11(15(18)19)7-6-10(12)9-13(20-3)14(16)17;/h6-8,13-14H,4-5,9,17H2,1-3H3,(H,18,19);1H/t13-,14+;/m0./s1. The van der Waals surface area contributed by atoms with Crippen molar-refractivity contribution in [3.05, 3.63) is 34.9 Å². The number of benzene rings is 1. The van der Waals surface area contributed by atoms with Gasteiger partial charge >= 0.3 is 5.97 Å². The highest BCUT2D eigenvalue weighted by atomic mass is 35.5. The summed E-state index contributed by atoms with van der Waals surface area (Å²) < 4.78 is 5.56. The molecule has 4 nitrogen and oxygen atoms in total. The Balaban J connectivity index is 0.00000220. The van der Waals surface area contributed by atoms with Crippen LogP contribution in [-0.2, 0) is 16.6 Å². The van der Waals surface area contributed by atoms with E-state index in [0.717, 1.165) is 30.4 Å². The average molecular weight is 314 g/mol. The predicted octanol–water partition coefficient (Wildman–Crippen LogP) is 2.76. The molecule has 0 radical (unpaired) electrons. The van der Waals surface area contributed by atoms with E-state index >= 15 is 0 Å². The number of halogens is 1. The summed E-state index contributed by atoms with van der Waals surface area (Å²) in [5.41, 5.74) is 8.83. The lowest BCUT2D eigenvalue weighted by molar-refractivity contribution is 0.0400. The molecule has 1 aromatic carbocycles. The maximum atomic E-state index is 11.2. The van der Waals surface area contributed by atoms with Crippen molar-refractivity contribution >= 4 is 18.4 Å². The van der Waals surface area contributed by atoms with E-state index in [1.165, 1.54) is 0 Å². The lowest BCUT2D eigenvalue weighted by Gasteiger charge is -2.46. The first-order valence-corrected chi connectivity index (χ1v) is 7.15. The molecular weight excluding hydrogens is 290 g/mol. The topological polar surface area (TPSA) is 72.5 Å². The third-order valence-electron chi connectivity index (χ3n) is 4.92. The van der Waals surface area contributed by atoms with Crippen LogP contribution >= 0.6 is 12.4 Å². The number of rotatable bonds is 4. The van der Waals surface area contributed by atoms with E-state index < -0.39 is 5.97 Å². The summed E-state index contributed by atoms with van der Waals surface area (Å²) in [6.07, 6.45) is 2.48. The zero-order valence-corrected chi connectivity index (χ0v) is 13.6. The van der Waals surface area contributed by atoms with Crippen LogP contribution in [0.3, 0.4) is 0 Å². The van der Waals surface area contributed by atoms with Crippen LogP contribution < -0.4 is 5.73 Å². The molecule has 118 valence electrons. The van der Waals surface area contributed by atoms with Crippen LogP contribution in [-0.4, -0.2) is 30.3 Å². The minimum absolute atomic E-state index is 0. The first kappa shape index (κ1) is 18.0. The molecule has 0 amide bonds. The lowest BCUT2D eigenvalue weighted by Crippen LogP contribution is -2.56. The van der Waals surface area contributed by atoms with Crippen LogP contribution in [0.15, 0.2) is 18.2 Å². The number of ether oxygens (including phenoxy) is 1. The van der Waals surface area contributed by atoms with Crippen molar-refractivity contribution in [2.45, 2.75) is 50.7 Å². The second kappa shape index (κ2) is 6.77. The van der Waals surface area contributed by atoms with Gasteiger partial charge in [0.2, 0.25) is 0 Å². The van der Waals surface area contributed by atoms with Gasteiger partial charge in [-0.05, 0) is 36.1 Å². The monoisotopic (exact) mass is 313 g/mol. The highest BCUT2D eigenvalue weighted by molar-refractivity contribution is 5.88. The van der Waals surface area contributed by atoms with Crippen LogP contribution in [0.5, 0.6) is 0 Å². The molecule has 0 unspecified atom stereocenters. The molecule has 5 heteroatoms. The fourth-order valence-electron chi connectivity index (χ4n) is 3.56. The van der Waals surface area contributed by atoms with Gasteiger partial charge in [0, 0.05) is 25.0 Å². The summed E-state index contributed by atoms with van der Waals surface area (Å²) in [5.74, 6) is -0.892. The fourth-order valence-corrected chi connectivity index (χ4v) is 3.56. The first-order valence-electron chi connectivity index (χ1n) is 7.15. The van der Waals surface area contributed by atoms with Crippen molar-refractivity contribution in [2.24, 2.45) is 5.73 Å². The van der Waals surface area contributed by atoms with Gasteiger partial charge in [-0.25, -0.2) is 4.79 Å². The molecule has 1 aromatic rings. The van der Waals surface area contributed by atoms with Crippen molar-refractivity contribution in [3.63, 3.8) is 0 Å². The first-order chi connectivity index (χ1) is 9.50. The molecule has 2 rings (SSSR count). The number of carboxylic acids is 1. The van der Waals surface area contributed by atoms with Crippen LogP contribution in [0.2, 0.25) is 0 Å². The van der Waals surface area contributed by atoms with Gasteiger partial charge in [-0.2, -0.15) is 0 Å². The smallest absolute Gasteiger partial charge is 0.335 e. The Morgan fingerprint density at radius 1 is 1.43 bits per heavy atom. The maximum absolute atomic E-state index is 11.2. The fraction of sp³-hybridized carbons (Fsp3) is 0.562. The lowest BCUT2D eigenvalue weighted by atomic mass is 9.62. The van der Waals surface area contributed by atoms with Gasteiger partial charge in [0.25, 0.3) is 0 Å². The molecule has 0 bridgehead atoms. The van der Waals surface area contributed by atoms with E-state index in [2.05, 4.69) is 13.8 Å². The largest absolute Gasteiger partial charge is 0.478 e. The molecule has 0 aliphatic heterocycles. The molecule has 1 aliphatic rings. The van der Waals surface area contributed by atoms with Gasteiger partial charge in [-0.3, -0.25) is 0 Å². The Morgan fingerprint density at radius 2 is 2.05 bits per heavy atom. The van der Waals surface area contributed by atoms with Crippen molar-refractivity contribution in [1.29, 1.82) is 0 Å². The number of carbonyl (C=O) groups is 1. The van der Waals surface area contributed by atoms with Crippen molar-refractivity contribution in [2.75, 3.05) is 7.11 Å². The Bertz CT molecular complexity index is 514. The number of fused-ring (bicyclic) bond motifs is 1. The van der Waals surface area contributed by atoms with Crippen molar-refractivity contribution < 1.29 is 14.6 Å². The third-order valence-corrected chi connectivity index (χ3v) is 4.92. The van der Waals surface area contributed by atoms with E-state index in [0.29, 0.717) is 5.56 Å². The van der Waals surface area contributed by atoms with E-state index in [1.807, 2.05) is 6.07 Å². The van der Waals surface area contributed by atoms with Gasteiger partial charge < -0.3 is 15.6 Å². The van der Waals surface area contributed by atoms with E-state index in [4.69, 9.17) is 10.5 Å². The SMILES string of the molecule is CCC1(CC)c2cc(C(=O)O)ccc2C[C@H](OC)[C@H]1N.Cl. The molecular formula is C16H24ClNO3. The number of methoxy groups -OCH3 is 1. The molecule has 21 heavy (non-hydrogen) atoms. The molecule has 0 fully saturated rings. The third kappa shape index (κ3) is 2.80. The minimum Gasteiger partial charge on any atom is -0.478 e. The van der Waals surface area contributed by atoms with Gasteiger partial charge in [0.1, 0.15) is 0 Å². The Labute approximate surface area is 132 Å². The molecule has 1 aliphatic carbocycles. The number of hydrogen-bond acceptors (Lipinski definition) is 3. The Morgan fingerprint density at radius 3 is 2.52 bits per heavy atom. The highest BCUT2D eigenvalue weighted by Crippen LogP contribution is 2.43. The van der Waals surface area contributed by atoms with Crippen molar-refractivity contribution in [1.82, 2.24) is 0 Å².